The van der Waals surface area contributed by atoms with Crippen LogP contribution in [0.5, 0.6) is 5.75 Å². The van der Waals surface area contributed by atoms with Crippen LogP contribution in [0.2, 0.25) is 0 Å². The highest BCUT2D eigenvalue weighted by molar-refractivity contribution is 9.10. The van der Waals surface area contributed by atoms with E-state index in [1.807, 2.05) is 12.1 Å². The molecular formula is C17H23BrN2O. The molecule has 0 saturated heterocycles. The molecule has 0 aliphatic heterocycles. The van der Waals surface area contributed by atoms with Gasteiger partial charge in [-0.2, -0.15) is 0 Å². The highest BCUT2D eigenvalue weighted by atomic mass is 79.9. The number of nitrogens with one attached hydrogen (secondary N) is 1. The number of benzene rings is 1. The summed E-state index contributed by atoms with van der Waals surface area (Å²) < 4.78 is 8.72. The highest BCUT2D eigenvalue weighted by Crippen LogP contribution is 2.25. The summed E-state index contributed by atoms with van der Waals surface area (Å²) in [4.78, 5) is 0. The van der Waals surface area contributed by atoms with E-state index < -0.39 is 0 Å². The van der Waals surface area contributed by atoms with Crippen LogP contribution in [0.25, 0.3) is 0 Å². The lowest BCUT2D eigenvalue weighted by Crippen LogP contribution is -2.19. The van der Waals surface area contributed by atoms with Crippen LogP contribution in [0, 0.1) is 0 Å². The fourth-order valence-corrected chi connectivity index (χ4v) is 2.98. The number of hydrogen-bond acceptors (Lipinski definition) is 2. The van der Waals surface area contributed by atoms with Crippen LogP contribution in [0.15, 0.2) is 41.1 Å². The van der Waals surface area contributed by atoms with Gasteiger partial charge in [0.1, 0.15) is 5.75 Å². The predicted octanol–water partition coefficient (Wildman–Crippen LogP) is 4.37. The first-order valence-corrected chi connectivity index (χ1v) is 8.18. The Labute approximate surface area is 135 Å². The largest absolute Gasteiger partial charge is 0.496 e. The molecule has 4 heteroatoms. The van der Waals surface area contributed by atoms with E-state index in [1.54, 1.807) is 7.11 Å². The maximum Gasteiger partial charge on any atom is 0.123 e. The van der Waals surface area contributed by atoms with Gasteiger partial charge < -0.3 is 14.6 Å². The van der Waals surface area contributed by atoms with Crippen LogP contribution in [0.4, 0.5) is 0 Å². The van der Waals surface area contributed by atoms with Crippen LogP contribution < -0.4 is 10.1 Å². The molecule has 0 saturated carbocycles. The van der Waals surface area contributed by atoms with Crippen molar-refractivity contribution in [3.8, 4) is 5.75 Å². The van der Waals surface area contributed by atoms with Gasteiger partial charge in [-0.1, -0.05) is 29.8 Å². The molecule has 1 unspecified atom stereocenters. The van der Waals surface area contributed by atoms with E-state index >= 15 is 0 Å². The van der Waals surface area contributed by atoms with E-state index in [0.717, 1.165) is 29.7 Å². The minimum atomic E-state index is 0.431. The SMILES string of the molecule is CCNC(CC)c1ccn(Cc2cc(Br)ccc2OC)c1. The Morgan fingerprint density at radius 1 is 1.29 bits per heavy atom. The Balaban J connectivity index is 2.17. The maximum absolute atomic E-state index is 5.44. The Kier molecular flexibility index (Phi) is 5.88. The Morgan fingerprint density at radius 2 is 2.10 bits per heavy atom. The average Bonchev–Trinajstić information content (AvgIpc) is 2.93. The molecule has 0 bridgehead atoms. The molecule has 0 aliphatic carbocycles. The molecule has 2 aromatic rings. The molecule has 1 N–H and O–H groups in total. The van der Waals surface area contributed by atoms with Crippen molar-refractivity contribution >= 4 is 15.9 Å². The summed E-state index contributed by atoms with van der Waals surface area (Å²) >= 11 is 3.52. The summed E-state index contributed by atoms with van der Waals surface area (Å²) in [5, 5.41) is 3.51. The van der Waals surface area contributed by atoms with E-state index in [4.69, 9.17) is 4.74 Å². The first kappa shape index (κ1) is 16.1. The Bertz CT molecular complexity index is 580. The van der Waals surface area contributed by atoms with Crippen molar-refractivity contribution in [2.45, 2.75) is 32.9 Å². The summed E-state index contributed by atoms with van der Waals surface area (Å²) in [6.45, 7) is 6.16. The van der Waals surface area contributed by atoms with Gasteiger partial charge in [-0.3, -0.25) is 0 Å². The molecule has 2 rings (SSSR count). The third kappa shape index (κ3) is 4.11. The van der Waals surface area contributed by atoms with Crippen molar-refractivity contribution in [3.05, 3.63) is 52.3 Å². The molecule has 0 aliphatic rings. The predicted molar refractivity (Wildman–Crippen MR) is 90.9 cm³/mol. The monoisotopic (exact) mass is 350 g/mol. The second kappa shape index (κ2) is 7.66. The van der Waals surface area contributed by atoms with Crippen LogP contribution in [-0.4, -0.2) is 18.2 Å². The number of rotatable bonds is 7. The number of aromatic nitrogens is 1. The zero-order chi connectivity index (χ0) is 15.2. The van der Waals surface area contributed by atoms with E-state index in [2.05, 4.69) is 64.2 Å². The third-order valence-electron chi connectivity index (χ3n) is 3.63. The standard InChI is InChI=1S/C17H23BrN2O/c1-4-16(19-5-2)13-8-9-20(11-13)12-14-10-15(18)6-7-17(14)21-3/h6-11,16,19H,4-5,12H2,1-3H3. The number of nitrogens with zero attached hydrogens (tertiary/aromatic N) is 1. The van der Waals surface area contributed by atoms with E-state index in [0.29, 0.717) is 6.04 Å². The minimum absolute atomic E-state index is 0.431. The van der Waals surface area contributed by atoms with Gasteiger partial charge in [0.2, 0.25) is 0 Å². The summed E-state index contributed by atoms with van der Waals surface area (Å²) in [5.41, 5.74) is 2.51. The molecule has 1 aromatic heterocycles. The van der Waals surface area contributed by atoms with Crippen LogP contribution in [0.3, 0.4) is 0 Å². The summed E-state index contributed by atoms with van der Waals surface area (Å²) in [7, 11) is 1.71. The molecular weight excluding hydrogens is 328 g/mol. The van der Waals surface area contributed by atoms with Gasteiger partial charge in [0.15, 0.2) is 0 Å². The maximum atomic E-state index is 5.44. The van der Waals surface area contributed by atoms with Crippen molar-refractivity contribution in [1.29, 1.82) is 0 Å². The van der Waals surface area contributed by atoms with Gasteiger partial charge in [0.25, 0.3) is 0 Å². The van der Waals surface area contributed by atoms with Gasteiger partial charge in [-0.15, -0.1) is 0 Å². The molecule has 114 valence electrons. The first-order chi connectivity index (χ1) is 10.2. The topological polar surface area (TPSA) is 26.2 Å². The second-order valence-electron chi connectivity index (χ2n) is 5.09. The number of hydrogen-bond donors (Lipinski definition) is 1. The average molecular weight is 351 g/mol. The smallest absolute Gasteiger partial charge is 0.123 e. The zero-order valence-electron chi connectivity index (χ0n) is 12.9. The molecule has 1 atom stereocenters. The quantitative estimate of drug-likeness (QED) is 0.802. The third-order valence-corrected chi connectivity index (χ3v) is 4.12. The van der Waals surface area contributed by atoms with Gasteiger partial charge in [-0.05, 0) is 42.8 Å². The van der Waals surface area contributed by atoms with Gasteiger partial charge in [0.05, 0.1) is 13.7 Å². The molecule has 0 amide bonds. The minimum Gasteiger partial charge on any atom is -0.496 e. The summed E-state index contributed by atoms with van der Waals surface area (Å²) in [6, 6.07) is 8.74. The second-order valence-corrected chi connectivity index (χ2v) is 6.01. The molecule has 21 heavy (non-hydrogen) atoms. The fourth-order valence-electron chi connectivity index (χ4n) is 2.58. The Morgan fingerprint density at radius 3 is 2.76 bits per heavy atom. The van der Waals surface area contributed by atoms with Crippen molar-refractivity contribution in [2.75, 3.05) is 13.7 Å². The Hall–Kier alpha value is -1.26. The van der Waals surface area contributed by atoms with E-state index in [1.165, 1.54) is 11.1 Å². The van der Waals surface area contributed by atoms with Crippen molar-refractivity contribution in [2.24, 2.45) is 0 Å². The lowest BCUT2D eigenvalue weighted by Gasteiger charge is -2.14. The van der Waals surface area contributed by atoms with Crippen molar-refractivity contribution < 1.29 is 4.74 Å². The van der Waals surface area contributed by atoms with E-state index in [9.17, 15) is 0 Å². The number of ether oxygens (including phenoxy) is 1. The zero-order valence-corrected chi connectivity index (χ0v) is 14.5. The highest BCUT2D eigenvalue weighted by Gasteiger charge is 2.10. The lowest BCUT2D eigenvalue weighted by molar-refractivity contribution is 0.408. The van der Waals surface area contributed by atoms with Crippen LogP contribution in [0.1, 0.15) is 37.4 Å². The molecule has 3 nitrogen and oxygen atoms in total. The number of methoxy groups -OCH3 is 1. The van der Waals surface area contributed by atoms with Crippen molar-refractivity contribution in [3.63, 3.8) is 0 Å². The lowest BCUT2D eigenvalue weighted by atomic mass is 10.1. The van der Waals surface area contributed by atoms with E-state index in [-0.39, 0.29) is 0 Å². The van der Waals surface area contributed by atoms with Gasteiger partial charge >= 0.3 is 0 Å². The molecule has 1 heterocycles. The molecule has 0 fully saturated rings. The van der Waals surface area contributed by atoms with Crippen LogP contribution >= 0.6 is 15.9 Å². The summed E-state index contributed by atoms with van der Waals surface area (Å²) in [6.07, 6.45) is 5.45. The normalized spacial score (nSPS) is 12.4. The number of halogens is 1. The van der Waals surface area contributed by atoms with Crippen molar-refractivity contribution in [1.82, 2.24) is 9.88 Å². The van der Waals surface area contributed by atoms with Gasteiger partial charge in [-0.25, -0.2) is 0 Å². The fraction of sp³-hybridized carbons (Fsp3) is 0.412. The van der Waals surface area contributed by atoms with Gasteiger partial charge in [0, 0.05) is 28.5 Å². The molecule has 0 radical (unpaired) electrons. The van der Waals surface area contributed by atoms with Crippen LogP contribution in [-0.2, 0) is 6.54 Å². The molecule has 1 aromatic carbocycles. The summed E-state index contributed by atoms with van der Waals surface area (Å²) in [5.74, 6) is 0.923. The first-order valence-electron chi connectivity index (χ1n) is 7.39. The molecule has 0 spiro atoms.